The first kappa shape index (κ1) is 13.8. The van der Waals surface area contributed by atoms with Crippen molar-refractivity contribution in [2.24, 2.45) is 0 Å². The van der Waals surface area contributed by atoms with E-state index in [0.717, 1.165) is 12.2 Å². The third kappa shape index (κ3) is 2.98. The summed E-state index contributed by atoms with van der Waals surface area (Å²) in [4.78, 5) is 24.9. The molecule has 2 aromatic carbocycles. The number of thioether (sulfide) groups is 1. The van der Waals surface area contributed by atoms with Gasteiger partial charge in [-0.05, 0) is 12.0 Å². The van der Waals surface area contributed by atoms with Crippen molar-refractivity contribution in [1.82, 2.24) is 0 Å². The Bertz CT molecular complexity index is 717. The fraction of sp³-hybridized carbons (Fsp3) is 0.111. The number of hydrogen-bond donors (Lipinski definition) is 0. The molecule has 0 aliphatic heterocycles. The number of aryl methyl sites for hydroxylation is 1. The molecule has 0 unspecified atom stereocenters. The van der Waals surface area contributed by atoms with Gasteiger partial charge in [-0.3, -0.25) is 9.59 Å². The van der Waals surface area contributed by atoms with E-state index in [-0.39, 0.29) is 11.6 Å². The van der Waals surface area contributed by atoms with Crippen LogP contribution in [0.5, 0.6) is 0 Å². The molecule has 3 rings (SSSR count). The number of carbonyl (C=O) groups is 2. The molecule has 0 aromatic heterocycles. The van der Waals surface area contributed by atoms with Crippen molar-refractivity contribution in [2.45, 2.75) is 6.42 Å². The van der Waals surface area contributed by atoms with Crippen LogP contribution < -0.4 is 0 Å². The highest BCUT2D eigenvalue weighted by molar-refractivity contribution is 8.04. The maximum absolute atomic E-state index is 12.4. The van der Waals surface area contributed by atoms with Crippen LogP contribution in [0, 0.1) is 0 Å². The van der Waals surface area contributed by atoms with Crippen molar-refractivity contribution < 1.29 is 9.59 Å². The van der Waals surface area contributed by atoms with E-state index in [1.807, 2.05) is 18.2 Å². The Morgan fingerprint density at radius 3 is 2.24 bits per heavy atom. The van der Waals surface area contributed by atoms with Gasteiger partial charge in [0.05, 0.1) is 4.91 Å². The van der Waals surface area contributed by atoms with Crippen LogP contribution in [0.4, 0.5) is 0 Å². The Labute approximate surface area is 127 Å². The lowest BCUT2D eigenvalue weighted by Crippen LogP contribution is -2.15. The Morgan fingerprint density at radius 2 is 1.48 bits per heavy atom. The van der Waals surface area contributed by atoms with Crippen LogP contribution in [-0.4, -0.2) is 17.3 Å². The third-order valence-corrected chi connectivity index (χ3v) is 4.44. The van der Waals surface area contributed by atoms with Crippen LogP contribution in [0.25, 0.3) is 0 Å². The van der Waals surface area contributed by atoms with Gasteiger partial charge in [0.1, 0.15) is 0 Å². The number of ketones is 2. The quantitative estimate of drug-likeness (QED) is 0.857. The van der Waals surface area contributed by atoms with Gasteiger partial charge in [-0.2, -0.15) is 0 Å². The zero-order chi connectivity index (χ0) is 14.7. The molecule has 1 aliphatic rings. The van der Waals surface area contributed by atoms with Gasteiger partial charge >= 0.3 is 0 Å². The average Bonchev–Trinajstić information content (AvgIpc) is 2.53. The molecule has 0 amide bonds. The van der Waals surface area contributed by atoms with Crippen LogP contribution in [0.2, 0.25) is 0 Å². The Hall–Kier alpha value is -2.13. The number of allylic oxidation sites excluding steroid dienone is 2. The summed E-state index contributed by atoms with van der Waals surface area (Å²) in [6.45, 7) is 0. The van der Waals surface area contributed by atoms with Crippen LogP contribution in [0.1, 0.15) is 26.3 Å². The molecule has 0 bridgehead atoms. The summed E-state index contributed by atoms with van der Waals surface area (Å²) in [6.07, 6.45) is 2.35. The molecule has 0 atom stereocenters. The Kier molecular flexibility index (Phi) is 4.02. The molecule has 104 valence electrons. The highest BCUT2D eigenvalue weighted by Gasteiger charge is 2.24. The maximum atomic E-state index is 12.4. The molecule has 0 radical (unpaired) electrons. The minimum atomic E-state index is -0.0765. The van der Waals surface area contributed by atoms with E-state index in [0.29, 0.717) is 16.0 Å². The van der Waals surface area contributed by atoms with Gasteiger partial charge < -0.3 is 0 Å². The summed E-state index contributed by atoms with van der Waals surface area (Å²) in [6, 6.07) is 17.1. The second kappa shape index (κ2) is 6.10. The monoisotopic (exact) mass is 294 g/mol. The number of benzene rings is 2. The van der Waals surface area contributed by atoms with E-state index >= 15 is 0 Å². The minimum Gasteiger partial charge on any atom is -0.289 e. The number of carbonyl (C=O) groups excluding carboxylic acids is 2. The van der Waals surface area contributed by atoms with Gasteiger partial charge in [0.25, 0.3) is 0 Å². The smallest absolute Gasteiger partial charge is 0.200 e. The fourth-order valence-corrected chi connectivity index (χ4v) is 3.31. The molecule has 0 spiro atoms. The molecular formula is C18H14O2S. The fourth-order valence-electron chi connectivity index (χ4n) is 2.32. The van der Waals surface area contributed by atoms with Gasteiger partial charge in [0, 0.05) is 23.0 Å². The number of Topliss-reactive ketones (excluding diaryl/α,β-unsaturated/α-hetero) is 1. The zero-order valence-electron chi connectivity index (χ0n) is 11.4. The lowest BCUT2D eigenvalue weighted by Gasteiger charge is -2.14. The van der Waals surface area contributed by atoms with E-state index in [1.165, 1.54) is 23.4 Å². The molecule has 0 heterocycles. The maximum Gasteiger partial charge on any atom is 0.200 e. The van der Waals surface area contributed by atoms with E-state index in [1.54, 1.807) is 24.3 Å². The normalized spacial score (nSPS) is 13.8. The highest BCUT2D eigenvalue weighted by atomic mass is 32.2. The van der Waals surface area contributed by atoms with Crippen molar-refractivity contribution in [1.29, 1.82) is 0 Å². The first-order chi connectivity index (χ1) is 10.3. The molecule has 1 aliphatic carbocycles. The molecule has 2 nitrogen and oxygen atoms in total. The second-order valence-electron chi connectivity index (χ2n) is 4.83. The van der Waals surface area contributed by atoms with Crippen LogP contribution in [0.3, 0.4) is 0 Å². The summed E-state index contributed by atoms with van der Waals surface area (Å²) in [5.74, 6) is 0.674. The zero-order valence-corrected chi connectivity index (χ0v) is 12.2. The third-order valence-electron chi connectivity index (χ3n) is 3.41. The summed E-state index contributed by atoms with van der Waals surface area (Å²) in [5.41, 5.74) is 2.27. The topological polar surface area (TPSA) is 34.1 Å². The highest BCUT2D eigenvalue weighted by Crippen LogP contribution is 2.28. The summed E-state index contributed by atoms with van der Waals surface area (Å²) < 4.78 is 0. The predicted octanol–water partition coefficient (Wildman–Crippen LogP) is 3.93. The van der Waals surface area contributed by atoms with E-state index < -0.39 is 0 Å². The molecule has 21 heavy (non-hydrogen) atoms. The largest absolute Gasteiger partial charge is 0.289 e. The van der Waals surface area contributed by atoms with Crippen molar-refractivity contribution in [3.05, 3.63) is 82.3 Å². The van der Waals surface area contributed by atoms with E-state index in [2.05, 4.69) is 12.1 Å². The van der Waals surface area contributed by atoms with Gasteiger partial charge in [0.2, 0.25) is 0 Å². The Balaban J connectivity index is 1.70. The molecular weight excluding hydrogens is 280 g/mol. The minimum absolute atomic E-state index is 0.0386. The van der Waals surface area contributed by atoms with Crippen molar-refractivity contribution in [2.75, 3.05) is 5.75 Å². The van der Waals surface area contributed by atoms with Gasteiger partial charge in [0.15, 0.2) is 11.6 Å². The number of fused-ring (bicyclic) bond motifs is 1. The lowest BCUT2D eigenvalue weighted by atomic mass is 9.95. The SMILES string of the molecule is O=C1C=C(SCCc2ccccc2)C(=O)c2ccccc21. The summed E-state index contributed by atoms with van der Waals surface area (Å²) >= 11 is 1.46. The predicted molar refractivity (Wildman–Crippen MR) is 85.8 cm³/mol. The van der Waals surface area contributed by atoms with Gasteiger partial charge in [-0.15, -0.1) is 11.8 Å². The number of rotatable bonds is 4. The average molecular weight is 294 g/mol. The van der Waals surface area contributed by atoms with Crippen molar-refractivity contribution in [3.8, 4) is 0 Å². The van der Waals surface area contributed by atoms with Crippen LogP contribution in [0.15, 0.2) is 65.6 Å². The molecule has 0 saturated carbocycles. The number of hydrogen-bond acceptors (Lipinski definition) is 3. The molecule has 3 heteroatoms. The van der Waals surface area contributed by atoms with Gasteiger partial charge in [-0.25, -0.2) is 0 Å². The summed E-state index contributed by atoms with van der Waals surface area (Å²) in [5, 5.41) is 0. The lowest BCUT2D eigenvalue weighted by molar-refractivity contribution is 0.0991. The summed E-state index contributed by atoms with van der Waals surface area (Å²) in [7, 11) is 0. The van der Waals surface area contributed by atoms with Crippen LogP contribution in [-0.2, 0) is 6.42 Å². The molecule has 2 aromatic rings. The van der Waals surface area contributed by atoms with Crippen LogP contribution >= 0.6 is 11.8 Å². The van der Waals surface area contributed by atoms with Gasteiger partial charge in [-0.1, -0.05) is 54.6 Å². The van der Waals surface area contributed by atoms with Crippen molar-refractivity contribution in [3.63, 3.8) is 0 Å². The Morgan fingerprint density at radius 1 is 0.810 bits per heavy atom. The molecule has 0 fully saturated rings. The van der Waals surface area contributed by atoms with E-state index in [9.17, 15) is 9.59 Å². The molecule has 0 N–H and O–H groups in total. The molecule has 0 saturated heterocycles. The second-order valence-corrected chi connectivity index (χ2v) is 5.97. The first-order valence-electron chi connectivity index (χ1n) is 6.82. The standard InChI is InChI=1S/C18H14O2S/c19-16-12-17(18(20)15-9-5-4-8-14(15)16)21-11-10-13-6-2-1-3-7-13/h1-9,12H,10-11H2. The van der Waals surface area contributed by atoms with E-state index in [4.69, 9.17) is 0 Å². The first-order valence-corrected chi connectivity index (χ1v) is 7.81. The van der Waals surface area contributed by atoms with Crippen molar-refractivity contribution >= 4 is 23.3 Å².